The van der Waals surface area contributed by atoms with Crippen molar-refractivity contribution >= 4 is 17.2 Å². The maximum Gasteiger partial charge on any atom is 0.257 e. The fourth-order valence-electron chi connectivity index (χ4n) is 3.80. The Morgan fingerprint density at radius 2 is 1.72 bits per heavy atom. The number of amides is 1. The molecule has 8 heteroatoms. The number of hydrogen-bond donors (Lipinski definition) is 0. The highest BCUT2D eigenvalue weighted by molar-refractivity contribution is 7.09. The van der Waals surface area contributed by atoms with Gasteiger partial charge in [-0.2, -0.15) is 0 Å². The minimum Gasteiger partial charge on any atom is -0.497 e. The highest BCUT2D eigenvalue weighted by Gasteiger charge is 2.26. The van der Waals surface area contributed by atoms with Gasteiger partial charge >= 0.3 is 0 Å². The van der Waals surface area contributed by atoms with E-state index in [4.69, 9.17) is 19.2 Å². The molecule has 0 bridgehead atoms. The van der Waals surface area contributed by atoms with Crippen LogP contribution < -0.4 is 14.2 Å². The maximum absolute atomic E-state index is 13.1. The van der Waals surface area contributed by atoms with Crippen LogP contribution in [-0.2, 0) is 6.54 Å². The fourth-order valence-corrected chi connectivity index (χ4v) is 4.65. The van der Waals surface area contributed by atoms with Gasteiger partial charge in [0.15, 0.2) is 11.5 Å². The molecule has 1 aliphatic heterocycles. The van der Waals surface area contributed by atoms with Crippen LogP contribution >= 0.6 is 11.3 Å². The van der Waals surface area contributed by atoms with Gasteiger partial charge in [0.25, 0.3) is 5.91 Å². The molecule has 4 rings (SSSR count). The molecule has 0 spiro atoms. The van der Waals surface area contributed by atoms with Crippen LogP contribution in [0.4, 0.5) is 0 Å². The highest BCUT2D eigenvalue weighted by Crippen LogP contribution is 2.32. The summed E-state index contributed by atoms with van der Waals surface area (Å²) in [7, 11) is 4.79. The number of hydrogen-bond acceptors (Lipinski definition) is 7. The van der Waals surface area contributed by atoms with E-state index in [2.05, 4.69) is 10.3 Å². The van der Waals surface area contributed by atoms with Crippen LogP contribution in [0.1, 0.15) is 15.4 Å². The maximum atomic E-state index is 13.1. The second kappa shape index (κ2) is 10.0. The zero-order valence-corrected chi connectivity index (χ0v) is 19.4. The van der Waals surface area contributed by atoms with E-state index < -0.39 is 0 Å². The van der Waals surface area contributed by atoms with Crippen LogP contribution in [0.15, 0.2) is 47.8 Å². The summed E-state index contributed by atoms with van der Waals surface area (Å²) in [5.74, 6) is 1.85. The summed E-state index contributed by atoms with van der Waals surface area (Å²) in [6.07, 6.45) is 0. The van der Waals surface area contributed by atoms with E-state index >= 15 is 0 Å². The average Bonchev–Trinajstić information content (AvgIpc) is 3.32. The van der Waals surface area contributed by atoms with Gasteiger partial charge in [0.05, 0.1) is 39.1 Å². The van der Waals surface area contributed by atoms with Gasteiger partial charge in [-0.3, -0.25) is 9.69 Å². The molecular formula is C24H27N3O4S. The van der Waals surface area contributed by atoms with Crippen molar-refractivity contribution in [1.29, 1.82) is 0 Å². The van der Waals surface area contributed by atoms with E-state index in [1.54, 1.807) is 44.8 Å². The predicted octanol–water partition coefficient (Wildman–Crippen LogP) is 3.79. The normalized spacial score (nSPS) is 14.3. The van der Waals surface area contributed by atoms with Gasteiger partial charge in [-0.15, -0.1) is 11.3 Å². The molecule has 2 aromatic carbocycles. The molecule has 2 heterocycles. The first-order chi connectivity index (χ1) is 15.6. The van der Waals surface area contributed by atoms with Gasteiger partial charge in [0, 0.05) is 37.1 Å². The van der Waals surface area contributed by atoms with Crippen LogP contribution in [0.25, 0.3) is 11.3 Å². The number of ether oxygens (including phenoxy) is 3. The molecule has 0 unspecified atom stereocenters. The third-order valence-corrected chi connectivity index (χ3v) is 6.42. The van der Waals surface area contributed by atoms with Crippen LogP contribution in [0.3, 0.4) is 0 Å². The molecule has 0 N–H and O–H groups in total. The molecule has 1 aliphatic rings. The zero-order valence-electron chi connectivity index (χ0n) is 18.5. The number of para-hydroxylation sites is 1. The minimum absolute atomic E-state index is 0.0311. The SMILES string of the molecule is COc1ccc(-c2csc(CN3CCN(C(=O)c4cccc(OC)c4OC)CC3)n2)cc1. The lowest BCUT2D eigenvalue weighted by molar-refractivity contribution is 0.0624. The second-order valence-corrected chi connectivity index (χ2v) is 8.41. The Morgan fingerprint density at radius 1 is 0.969 bits per heavy atom. The molecule has 168 valence electrons. The van der Waals surface area contributed by atoms with Crippen molar-refractivity contribution in [2.75, 3.05) is 47.5 Å². The number of thiazole rings is 1. The quantitative estimate of drug-likeness (QED) is 0.542. The third kappa shape index (κ3) is 4.71. The number of methoxy groups -OCH3 is 3. The summed E-state index contributed by atoms with van der Waals surface area (Å²) in [5, 5.41) is 3.16. The van der Waals surface area contributed by atoms with Gasteiger partial charge in [0.1, 0.15) is 10.8 Å². The predicted molar refractivity (Wildman–Crippen MR) is 125 cm³/mol. The summed E-state index contributed by atoms with van der Waals surface area (Å²) in [5.41, 5.74) is 2.59. The van der Waals surface area contributed by atoms with Gasteiger partial charge < -0.3 is 19.1 Å². The number of rotatable bonds is 7. The lowest BCUT2D eigenvalue weighted by Crippen LogP contribution is -2.48. The van der Waals surface area contributed by atoms with Gasteiger partial charge in [-0.1, -0.05) is 6.07 Å². The van der Waals surface area contributed by atoms with E-state index in [0.717, 1.165) is 41.6 Å². The van der Waals surface area contributed by atoms with E-state index in [9.17, 15) is 4.79 Å². The molecule has 0 aliphatic carbocycles. The van der Waals surface area contributed by atoms with Crippen LogP contribution in [0, 0.1) is 0 Å². The molecule has 1 fully saturated rings. The molecule has 0 radical (unpaired) electrons. The molecule has 7 nitrogen and oxygen atoms in total. The Morgan fingerprint density at radius 3 is 2.38 bits per heavy atom. The molecule has 1 saturated heterocycles. The second-order valence-electron chi connectivity index (χ2n) is 7.46. The molecule has 1 aromatic heterocycles. The Bertz CT molecular complexity index is 1060. The Balaban J connectivity index is 1.35. The highest BCUT2D eigenvalue weighted by atomic mass is 32.1. The van der Waals surface area contributed by atoms with Crippen molar-refractivity contribution in [1.82, 2.24) is 14.8 Å². The average molecular weight is 454 g/mol. The number of carbonyl (C=O) groups excluding carboxylic acids is 1. The summed E-state index contributed by atoms with van der Waals surface area (Å²) in [6.45, 7) is 3.71. The first kappa shape index (κ1) is 22.1. The molecule has 0 atom stereocenters. The van der Waals surface area contributed by atoms with Crippen LogP contribution in [0.5, 0.6) is 17.2 Å². The third-order valence-electron chi connectivity index (χ3n) is 5.59. The van der Waals surface area contributed by atoms with Gasteiger partial charge in [0.2, 0.25) is 0 Å². The molecule has 32 heavy (non-hydrogen) atoms. The summed E-state index contributed by atoms with van der Waals surface area (Å²) < 4.78 is 16.0. The van der Waals surface area contributed by atoms with Crippen molar-refractivity contribution in [2.24, 2.45) is 0 Å². The number of aromatic nitrogens is 1. The lowest BCUT2D eigenvalue weighted by Gasteiger charge is -2.34. The van der Waals surface area contributed by atoms with Crippen molar-refractivity contribution in [2.45, 2.75) is 6.54 Å². The largest absolute Gasteiger partial charge is 0.497 e. The summed E-state index contributed by atoms with van der Waals surface area (Å²) in [4.78, 5) is 22.1. The smallest absolute Gasteiger partial charge is 0.257 e. The first-order valence-electron chi connectivity index (χ1n) is 10.4. The van der Waals surface area contributed by atoms with E-state index in [-0.39, 0.29) is 5.91 Å². The number of carbonyl (C=O) groups is 1. The topological polar surface area (TPSA) is 64.1 Å². The number of nitrogens with zero attached hydrogens (tertiary/aromatic N) is 3. The molecule has 0 saturated carbocycles. The standard InChI is InChI=1S/C24H27N3O4S/c1-29-18-9-7-17(8-10-18)20-16-32-22(25-20)15-26-11-13-27(14-12-26)24(28)19-5-4-6-21(30-2)23(19)31-3/h4-10,16H,11-15H2,1-3H3. The van der Waals surface area contributed by atoms with E-state index in [1.165, 1.54) is 0 Å². The summed E-state index contributed by atoms with van der Waals surface area (Å²) in [6, 6.07) is 13.3. The minimum atomic E-state index is -0.0311. The Hall–Kier alpha value is -3.10. The van der Waals surface area contributed by atoms with E-state index in [1.807, 2.05) is 35.2 Å². The van der Waals surface area contributed by atoms with E-state index in [0.29, 0.717) is 30.2 Å². The van der Waals surface area contributed by atoms with Crippen molar-refractivity contribution in [3.63, 3.8) is 0 Å². The summed E-state index contributed by atoms with van der Waals surface area (Å²) >= 11 is 1.67. The monoisotopic (exact) mass is 453 g/mol. The van der Waals surface area contributed by atoms with Crippen LogP contribution in [-0.4, -0.2) is 68.2 Å². The van der Waals surface area contributed by atoms with Gasteiger partial charge in [-0.25, -0.2) is 4.98 Å². The van der Waals surface area contributed by atoms with Crippen molar-refractivity contribution in [3.8, 4) is 28.5 Å². The number of benzene rings is 2. The number of piperazine rings is 1. The molecular weight excluding hydrogens is 426 g/mol. The fraction of sp³-hybridized carbons (Fsp3) is 0.333. The lowest BCUT2D eigenvalue weighted by atomic mass is 10.1. The van der Waals surface area contributed by atoms with Crippen molar-refractivity contribution in [3.05, 3.63) is 58.4 Å². The van der Waals surface area contributed by atoms with Crippen molar-refractivity contribution < 1.29 is 19.0 Å². The van der Waals surface area contributed by atoms with Gasteiger partial charge in [-0.05, 0) is 36.4 Å². The molecule has 1 amide bonds. The van der Waals surface area contributed by atoms with Crippen LogP contribution in [0.2, 0.25) is 0 Å². The zero-order chi connectivity index (χ0) is 22.5. The Kier molecular flexibility index (Phi) is 6.92. The molecule has 3 aromatic rings. The first-order valence-corrected chi connectivity index (χ1v) is 11.3. The Labute approximate surface area is 192 Å².